The van der Waals surface area contributed by atoms with Crippen LogP contribution in [0.25, 0.3) is 0 Å². The maximum absolute atomic E-state index is 3.57. The predicted molar refractivity (Wildman–Crippen MR) is 91.2 cm³/mol. The molecule has 0 aliphatic carbocycles. The molecule has 110 valence electrons. The zero-order valence-electron chi connectivity index (χ0n) is 13.4. The van der Waals surface area contributed by atoms with E-state index in [1.807, 2.05) is 0 Å². The SMILES string of the molecule is Cc1ccc(CCc2ccc3c(c2)CCC(C)N3)cc1C. The zero-order valence-corrected chi connectivity index (χ0v) is 13.4. The highest BCUT2D eigenvalue weighted by atomic mass is 14.9. The van der Waals surface area contributed by atoms with Crippen molar-refractivity contribution in [3.63, 3.8) is 0 Å². The van der Waals surface area contributed by atoms with Crippen LogP contribution in [-0.2, 0) is 19.3 Å². The van der Waals surface area contributed by atoms with Gasteiger partial charge in [-0.1, -0.05) is 30.3 Å². The van der Waals surface area contributed by atoms with Crippen molar-refractivity contribution < 1.29 is 0 Å². The average Bonchev–Trinajstić information content (AvgIpc) is 2.48. The van der Waals surface area contributed by atoms with Crippen LogP contribution in [0.1, 0.15) is 41.2 Å². The Morgan fingerprint density at radius 3 is 2.43 bits per heavy atom. The van der Waals surface area contributed by atoms with Crippen LogP contribution in [0.4, 0.5) is 5.69 Å². The third-order valence-corrected chi connectivity index (χ3v) is 4.69. The van der Waals surface area contributed by atoms with E-state index in [1.165, 1.54) is 46.3 Å². The van der Waals surface area contributed by atoms with Crippen molar-refractivity contribution in [1.82, 2.24) is 0 Å². The van der Waals surface area contributed by atoms with Gasteiger partial charge in [0.05, 0.1) is 0 Å². The lowest BCUT2D eigenvalue weighted by Gasteiger charge is -2.24. The maximum atomic E-state index is 3.57. The van der Waals surface area contributed by atoms with Gasteiger partial charge < -0.3 is 5.32 Å². The molecule has 0 fully saturated rings. The summed E-state index contributed by atoms with van der Waals surface area (Å²) in [5.41, 5.74) is 8.52. The van der Waals surface area contributed by atoms with E-state index < -0.39 is 0 Å². The van der Waals surface area contributed by atoms with E-state index in [-0.39, 0.29) is 0 Å². The van der Waals surface area contributed by atoms with E-state index >= 15 is 0 Å². The summed E-state index contributed by atoms with van der Waals surface area (Å²) in [6.07, 6.45) is 4.71. The molecule has 1 heterocycles. The minimum Gasteiger partial charge on any atom is -0.382 e. The molecule has 1 N–H and O–H groups in total. The van der Waals surface area contributed by atoms with Crippen molar-refractivity contribution in [3.05, 3.63) is 64.2 Å². The molecular formula is C20H25N. The van der Waals surface area contributed by atoms with E-state index in [0.29, 0.717) is 6.04 Å². The van der Waals surface area contributed by atoms with Crippen molar-refractivity contribution in [1.29, 1.82) is 0 Å². The summed E-state index contributed by atoms with van der Waals surface area (Å²) < 4.78 is 0. The average molecular weight is 279 g/mol. The molecule has 21 heavy (non-hydrogen) atoms. The largest absolute Gasteiger partial charge is 0.382 e. The van der Waals surface area contributed by atoms with Crippen LogP contribution < -0.4 is 5.32 Å². The van der Waals surface area contributed by atoms with Crippen molar-refractivity contribution in [2.75, 3.05) is 5.32 Å². The molecule has 1 heteroatoms. The van der Waals surface area contributed by atoms with Gasteiger partial charge in [-0.05, 0) is 80.3 Å². The second-order valence-corrected chi connectivity index (χ2v) is 6.49. The fourth-order valence-corrected chi connectivity index (χ4v) is 3.11. The third kappa shape index (κ3) is 3.29. The number of hydrogen-bond acceptors (Lipinski definition) is 1. The van der Waals surface area contributed by atoms with Gasteiger partial charge in [-0.2, -0.15) is 0 Å². The highest BCUT2D eigenvalue weighted by Gasteiger charge is 2.13. The lowest BCUT2D eigenvalue weighted by atomic mass is 9.94. The minimum absolute atomic E-state index is 0.610. The smallest absolute Gasteiger partial charge is 0.0374 e. The number of rotatable bonds is 3. The Labute approximate surface area is 128 Å². The molecule has 2 aromatic carbocycles. The van der Waals surface area contributed by atoms with Crippen molar-refractivity contribution >= 4 is 5.69 Å². The Morgan fingerprint density at radius 1 is 0.952 bits per heavy atom. The molecule has 0 aromatic heterocycles. The van der Waals surface area contributed by atoms with Crippen LogP contribution in [0.3, 0.4) is 0 Å². The molecule has 0 saturated heterocycles. The van der Waals surface area contributed by atoms with Gasteiger partial charge in [-0.3, -0.25) is 0 Å². The second-order valence-electron chi connectivity index (χ2n) is 6.49. The molecule has 1 nitrogen and oxygen atoms in total. The van der Waals surface area contributed by atoms with Gasteiger partial charge in [-0.25, -0.2) is 0 Å². The Balaban J connectivity index is 1.69. The quantitative estimate of drug-likeness (QED) is 0.848. The molecule has 2 aromatic rings. The van der Waals surface area contributed by atoms with Crippen LogP contribution in [0, 0.1) is 13.8 Å². The minimum atomic E-state index is 0.610. The van der Waals surface area contributed by atoms with Crippen LogP contribution in [0.15, 0.2) is 36.4 Å². The summed E-state index contributed by atoms with van der Waals surface area (Å²) in [5, 5.41) is 3.57. The number of fused-ring (bicyclic) bond motifs is 1. The van der Waals surface area contributed by atoms with Crippen LogP contribution in [-0.4, -0.2) is 6.04 Å². The molecule has 1 unspecified atom stereocenters. The van der Waals surface area contributed by atoms with Gasteiger partial charge in [0, 0.05) is 11.7 Å². The molecule has 0 saturated carbocycles. The molecule has 1 atom stereocenters. The molecule has 1 aliphatic heterocycles. The maximum Gasteiger partial charge on any atom is 0.0374 e. The number of anilines is 1. The van der Waals surface area contributed by atoms with Crippen LogP contribution >= 0.6 is 0 Å². The first-order valence-corrected chi connectivity index (χ1v) is 8.06. The van der Waals surface area contributed by atoms with E-state index in [0.717, 1.165) is 12.8 Å². The monoisotopic (exact) mass is 279 g/mol. The Hall–Kier alpha value is -1.76. The van der Waals surface area contributed by atoms with Gasteiger partial charge in [0.15, 0.2) is 0 Å². The topological polar surface area (TPSA) is 12.0 Å². The Morgan fingerprint density at radius 2 is 1.67 bits per heavy atom. The fourth-order valence-electron chi connectivity index (χ4n) is 3.11. The highest BCUT2D eigenvalue weighted by molar-refractivity contribution is 5.55. The third-order valence-electron chi connectivity index (χ3n) is 4.69. The summed E-state index contributed by atoms with van der Waals surface area (Å²) in [4.78, 5) is 0. The predicted octanol–water partition coefficient (Wildman–Crippen LogP) is 4.84. The van der Waals surface area contributed by atoms with Crippen molar-refractivity contribution in [2.45, 2.75) is 52.5 Å². The summed E-state index contributed by atoms with van der Waals surface area (Å²) in [6.45, 7) is 6.64. The van der Waals surface area contributed by atoms with Crippen molar-refractivity contribution in [3.8, 4) is 0 Å². The first-order chi connectivity index (χ1) is 10.1. The molecule has 1 aliphatic rings. The van der Waals surface area contributed by atoms with Crippen LogP contribution in [0.2, 0.25) is 0 Å². The van der Waals surface area contributed by atoms with E-state index in [9.17, 15) is 0 Å². The zero-order chi connectivity index (χ0) is 14.8. The summed E-state index contributed by atoms with van der Waals surface area (Å²) in [7, 11) is 0. The number of hydrogen-bond donors (Lipinski definition) is 1. The lowest BCUT2D eigenvalue weighted by molar-refractivity contribution is 0.680. The first kappa shape index (κ1) is 14.2. The first-order valence-electron chi connectivity index (χ1n) is 8.06. The summed E-state index contributed by atoms with van der Waals surface area (Å²) in [6, 6.07) is 14.4. The number of aryl methyl sites for hydroxylation is 5. The van der Waals surface area contributed by atoms with Gasteiger partial charge >= 0.3 is 0 Å². The lowest BCUT2D eigenvalue weighted by Crippen LogP contribution is -2.21. The van der Waals surface area contributed by atoms with Gasteiger partial charge in [0.25, 0.3) is 0 Å². The normalized spacial score (nSPS) is 17.2. The number of nitrogens with one attached hydrogen (secondary N) is 1. The van der Waals surface area contributed by atoms with Crippen molar-refractivity contribution in [2.24, 2.45) is 0 Å². The van der Waals surface area contributed by atoms with E-state index in [1.54, 1.807) is 0 Å². The Bertz CT molecular complexity index is 642. The van der Waals surface area contributed by atoms with E-state index in [4.69, 9.17) is 0 Å². The van der Waals surface area contributed by atoms with Crippen LogP contribution in [0.5, 0.6) is 0 Å². The van der Waals surface area contributed by atoms with Gasteiger partial charge in [-0.15, -0.1) is 0 Å². The molecule has 0 amide bonds. The van der Waals surface area contributed by atoms with E-state index in [2.05, 4.69) is 62.5 Å². The fraction of sp³-hybridized carbons (Fsp3) is 0.400. The van der Waals surface area contributed by atoms with Gasteiger partial charge in [0.2, 0.25) is 0 Å². The molecule has 3 rings (SSSR count). The Kier molecular flexibility index (Phi) is 4.01. The summed E-state index contributed by atoms with van der Waals surface area (Å²) >= 11 is 0. The highest BCUT2D eigenvalue weighted by Crippen LogP contribution is 2.26. The number of benzene rings is 2. The standard InChI is InChI=1S/C20H25N/c1-14-4-6-17(12-15(14)2)7-8-18-9-11-20-19(13-18)10-5-16(3)21-20/h4,6,9,11-13,16,21H,5,7-8,10H2,1-3H3. The van der Waals surface area contributed by atoms with Gasteiger partial charge in [0.1, 0.15) is 0 Å². The molecule has 0 bridgehead atoms. The molecule has 0 radical (unpaired) electrons. The molecular weight excluding hydrogens is 254 g/mol. The molecule has 0 spiro atoms. The summed E-state index contributed by atoms with van der Waals surface area (Å²) in [5.74, 6) is 0. The second kappa shape index (κ2) is 5.93.